The minimum absolute atomic E-state index is 0.278. The predicted octanol–water partition coefficient (Wildman–Crippen LogP) is 1.46. The van der Waals surface area contributed by atoms with E-state index in [4.69, 9.17) is 9.97 Å². The summed E-state index contributed by atoms with van der Waals surface area (Å²) in [6, 6.07) is 1.36. The number of fused-ring (bicyclic) bond motifs is 1. The number of aliphatic hydroxyl groups excluding tert-OH is 4. The van der Waals surface area contributed by atoms with Crippen LogP contribution in [0.4, 0.5) is 11.8 Å². The first-order valence-electron chi connectivity index (χ1n) is 11.6. The summed E-state index contributed by atoms with van der Waals surface area (Å²) in [6.45, 7) is 4.15. The van der Waals surface area contributed by atoms with Crippen LogP contribution in [0.1, 0.15) is 30.7 Å². The normalized spacial score (nSPS) is 25.6. The van der Waals surface area contributed by atoms with Crippen molar-refractivity contribution < 1.29 is 20.4 Å². The summed E-state index contributed by atoms with van der Waals surface area (Å²) in [6.07, 6.45) is 1.05. The summed E-state index contributed by atoms with van der Waals surface area (Å²) < 4.78 is 1.01. The maximum absolute atomic E-state index is 10.7. The fraction of sp³-hybridized carbons (Fsp3) is 0.565. The topological polar surface area (TPSA) is 157 Å². The van der Waals surface area contributed by atoms with Gasteiger partial charge in [0, 0.05) is 18.7 Å². The van der Waals surface area contributed by atoms with Crippen LogP contribution in [0, 0.1) is 25.7 Å². The smallest absolute Gasteiger partial charge is 0.224 e. The average Bonchev–Trinajstić information content (AvgIpc) is 3.48. The van der Waals surface area contributed by atoms with E-state index >= 15 is 0 Å². The number of hydrogen-bond donors (Lipinski definition) is 6. The highest BCUT2D eigenvalue weighted by Gasteiger charge is 2.45. The molecule has 0 radical (unpaired) electrons. The van der Waals surface area contributed by atoms with Crippen molar-refractivity contribution in [3.05, 3.63) is 23.7 Å². The summed E-state index contributed by atoms with van der Waals surface area (Å²) in [5, 5.41) is 47.9. The van der Waals surface area contributed by atoms with Gasteiger partial charge in [0.1, 0.15) is 22.4 Å². The zero-order valence-electron chi connectivity index (χ0n) is 19.1. The molecule has 11 heteroatoms. The number of rotatable bonds is 8. The lowest BCUT2D eigenvalue weighted by atomic mass is 9.99. The predicted molar refractivity (Wildman–Crippen MR) is 130 cm³/mol. The van der Waals surface area contributed by atoms with E-state index in [1.54, 1.807) is 6.20 Å². The Kier molecular flexibility index (Phi) is 6.38. The summed E-state index contributed by atoms with van der Waals surface area (Å²) in [5.74, 6) is 1.00. The van der Waals surface area contributed by atoms with Gasteiger partial charge < -0.3 is 31.1 Å². The zero-order valence-corrected chi connectivity index (χ0v) is 20.0. The standard InChI is InChI=1S/C23H30N6O4S/c1-10-17(22-28-18-11(2)24-6-5-16(18)34-22)21(29-23(26-10)25-8-12-3-4-12)27-14-7-13(15(31)9-30)19(32)20(14)33/h5-6,12-15,19-20,30-33H,3-4,7-9H2,1-2H3,(H2,25,26,27,29)/t13-,14-,15?,19-,20+/m1/s1. The molecule has 2 aliphatic rings. The van der Waals surface area contributed by atoms with Gasteiger partial charge in [0.2, 0.25) is 5.95 Å². The van der Waals surface area contributed by atoms with E-state index in [0.29, 0.717) is 17.7 Å². The van der Waals surface area contributed by atoms with Crippen LogP contribution in [-0.4, -0.2) is 77.9 Å². The molecule has 0 bridgehead atoms. The lowest BCUT2D eigenvalue weighted by Gasteiger charge is -2.21. The SMILES string of the molecule is Cc1nc(NCC2CC2)nc(N[C@@H]2C[C@H](C(O)CO)[C@@H](O)[C@H]2O)c1-c1nc2c(C)nccc2s1. The lowest BCUT2D eigenvalue weighted by molar-refractivity contribution is -0.0368. The van der Waals surface area contributed by atoms with Crippen LogP contribution in [-0.2, 0) is 0 Å². The molecule has 0 saturated heterocycles. The Labute approximate surface area is 201 Å². The Morgan fingerprint density at radius 3 is 2.62 bits per heavy atom. The molecule has 3 heterocycles. The second-order valence-electron chi connectivity index (χ2n) is 9.32. The number of thiazole rings is 1. The summed E-state index contributed by atoms with van der Waals surface area (Å²) >= 11 is 1.52. The van der Waals surface area contributed by atoms with Gasteiger partial charge in [-0.3, -0.25) is 4.98 Å². The molecule has 3 aromatic rings. The number of hydrogen-bond acceptors (Lipinski definition) is 11. The summed E-state index contributed by atoms with van der Waals surface area (Å²) in [5.41, 5.74) is 3.13. The molecule has 2 saturated carbocycles. The minimum Gasteiger partial charge on any atom is -0.394 e. The number of pyridine rings is 1. The molecule has 5 atom stereocenters. The monoisotopic (exact) mass is 486 g/mol. The molecule has 3 aromatic heterocycles. The van der Waals surface area contributed by atoms with Gasteiger partial charge in [-0.25, -0.2) is 9.97 Å². The lowest BCUT2D eigenvalue weighted by Crippen LogP contribution is -2.37. The van der Waals surface area contributed by atoms with E-state index in [1.807, 2.05) is 19.9 Å². The Hall–Kier alpha value is -2.44. The Morgan fingerprint density at radius 2 is 1.91 bits per heavy atom. The second kappa shape index (κ2) is 9.31. The number of anilines is 2. The van der Waals surface area contributed by atoms with Crippen molar-refractivity contribution in [1.29, 1.82) is 0 Å². The van der Waals surface area contributed by atoms with Crippen molar-refractivity contribution in [3.63, 3.8) is 0 Å². The van der Waals surface area contributed by atoms with E-state index in [1.165, 1.54) is 24.2 Å². The molecule has 5 rings (SSSR count). The van der Waals surface area contributed by atoms with Crippen LogP contribution in [0.3, 0.4) is 0 Å². The van der Waals surface area contributed by atoms with Crippen molar-refractivity contribution in [3.8, 4) is 10.6 Å². The third kappa shape index (κ3) is 4.46. The van der Waals surface area contributed by atoms with Crippen LogP contribution in [0.15, 0.2) is 12.3 Å². The van der Waals surface area contributed by atoms with E-state index in [-0.39, 0.29) is 6.42 Å². The number of aromatic nitrogens is 4. The van der Waals surface area contributed by atoms with Gasteiger partial charge in [-0.1, -0.05) is 0 Å². The van der Waals surface area contributed by atoms with Crippen molar-refractivity contribution in [1.82, 2.24) is 19.9 Å². The Bertz CT molecular complexity index is 1190. The van der Waals surface area contributed by atoms with Crippen LogP contribution in [0.25, 0.3) is 20.8 Å². The highest BCUT2D eigenvalue weighted by molar-refractivity contribution is 7.21. The zero-order chi connectivity index (χ0) is 24.0. The van der Waals surface area contributed by atoms with E-state index in [9.17, 15) is 20.4 Å². The van der Waals surface area contributed by atoms with Gasteiger partial charge in [0.25, 0.3) is 0 Å². The molecular formula is C23H30N6O4S. The molecule has 6 N–H and O–H groups in total. The van der Waals surface area contributed by atoms with E-state index in [2.05, 4.69) is 20.6 Å². The largest absolute Gasteiger partial charge is 0.394 e. The maximum Gasteiger partial charge on any atom is 0.224 e. The molecule has 0 aliphatic heterocycles. The Balaban J connectivity index is 1.52. The summed E-state index contributed by atoms with van der Waals surface area (Å²) in [4.78, 5) is 18.5. The Morgan fingerprint density at radius 1 is 1.12 bits per heavy atom. The minimum atomic E-state index is -1.16. The van der Waals surface area contributed by atoms with Crippen molar-refractivity contribution in [2.75, 3.05) is 23.8 Å². The molecule has 0 spiro atoms. The van der Waals surface area contributed by atoms with Gasteiger partial charge in [0.05, 0.1) is 46.5 Å². The molecule has 1 unspecified atom stereocenters. The van der Waals surface area contributed by atoms with Crippen LogP contribution < -0.4 is 10.6 Å². The van der Waals surface area contributed by atoms with Crippen molar-refractivity contribution in [2.24, 2.45) is 11.8 Å². The van der Waals surface area contributed by atoms with Crippen LogP contribution in [0.5, 0.6) is 0 Å². The fourth-order valence-electron chi connectivity index (χ4n) is 4.56. The number of aryl methyl sites for hydroxylation is 2. The van der Waals surface area contributed by atoms with Gasteiger partial charge >= 0.3 is 0 Å². The average molecular weight is 487 g/mol. The van der Waals surface area contributed by atoms with E-state index in [0.717, 1.165) is 38.7 Å². The summed E-state index contributed by atoms with van der Waals surface area (Å²) in [7, 11) is 0. The van der Waals surface area contributed by atoms with Crippen molar-refractivity contribution >= 4 is 33.3 Å². The molecule has 10 nitrogen and oxygen atoms in total. The molecule has 0 amide bonds. The van der Waals surface area contributed by atoms with Gasteiger partial charge in [-0.05, 0) is 45.1 Å². The highest BCUT2D eigenvalue weighted by Crippen LogP contribution is 2.39. The highest BCUT2D eigenvalue weighted by atomic mass is 32.1. The quantitative estimate of drug-likeness (QED) is 0.275. The van der Waals surface area contributed by atoms with Crippen molar-refractivity contribution in [2.45, 2.75) is 57.5 Å². The fourth-order valence-corrected chi connectivity index (χ4v) is 5.67. The third-order valence-electron chi connectivity index (χ3n) is 6.77. The van der Waals surface area contributed by atoms with Gasteiger partial charge in [0.15, 0.2) is 0 Å². The third-order valence-corrected chi connectivity index (χ3v) is 7.81. The number of nitrogens with one attached hydrogen (secondary N) is 2. The van der Waals surface area contributed by atoms with Crippen LogP contribution >= 0.6 is 11.3 Å². The molecule has 2 aliphatic carbocycles. The molecule has 0 aromatic carbocycles. The van der Waals surface area contributed by atoms with Crippen LogP contribution in [0.2, 0.25) is 0 Å². The maximum atomic E-state index is 10.7. The molecule has 182 valence electrons. The first-order chi connectivity index (χ1) is 16.4. The number of aliphatic hydroxyl groups is 4. The molecular weight excluding hydrogens is 456 g/mol. The first-order valence-corrected chi connectivity index (χ1v) is 12.4. The van der Waals surface area contributed by atoms with Gasteiger partial charge in [-0.15, -0.1) is 11.3 Å². The number of nitrogens with zero attached hydrogens (tertiary/aromatic N) is 4. The van der Waals surface area contributed by atoms with E-state index < -0.39 is 36.9 Å². The second-order valence-corrected chi connectivity index (χ2v) is 10.4. The first kappa shape index (κ1) is 23.3. The van der Waals surface area contributed by atoms with Gasteiger partial charge in [-0.2, -0.15) is 4.98 Å². The molecule has 2 fully saturated rings. The molecule has 34 heavy (non-hydrogen) atoms.